The summed E-state index contributed by atoms with van der Waals surface area (Å²) >= 11 is 17.5. The molecule has 0 radical (unpaired) electrons. The summed E-state index contributed by atoms with van der Waals surface area (Å²) in [5, 5.41) is 12.9. The SMILES string of the molecule is Cc1n[nH]c(=S)n(N=Cc2cn(Cc3ccc(Cl)cc3Cl)c3ccccc23)c1=O. The predicted octanol–water partition coefficient (Wildman–Crippen LogP) is 4.80. The molecule has 29 heavy (non-hydrogen) atoms. The van der Waals surface area contributed by atoms with Crippen molar-refractivity contribution in [2.45, 2.75) is 13.5 Å². The van der Waals surface area contributed by atoms with Gasteiger partial charge in [-0.1, -0.05) is 47.5 Å². The molecule has 0 fully saturated rings. The van der Waals surface area contributed by atoms with Gasteiger partial charge < -0.3 is 4.57 Å². The number of nitrogens with zero attached hydrogens (tertiary/aromatic N) is 4. The van der Waals surface area contributed by atoms with E-state index in [0.29, 0.717) is 16.6 Å². The van der Waals surface area contributed by atoms with Crippen LogP contribution in [-0.4, -0.2) is 25.7 Å². The van der Waals surface area contributed by atoms with Crippen LogP contribution in [0.25, 0.3) is 10.9 Å². The van der Waals surface area contributed by atoms with E-state index in [1.54, 1.807) is 19.2 Å². The number of aromatic amines is 1. The minimum Gasteiger partial charge on any atom is -0.342 e. The molecule has 2 aromatic heterocycles. The molecule has 4 aromatic rings. The summed E-state index contributed by atoms with van der Waals surface area (Å²) in [6.07, 6.45) is 3.58. The van der Waals surface area contributed by atoms with Crippen molar-refractivity contribution >= 4 is 52.5 Å². The summed E-state index contributed by atoms with van der Waals surface area (Å²) in [5.74, 6) is 0. The Hall–Kier alpha value is -2.74. The van der Waals surface area contributed by atoms with Crippen LogP contribution in [0.3, 0.4) is 0 Å². The average Bonchev–Trinajstić information content (AvgIpc) is 3.05. The van der Waals surface area contributed by atoms with Crippen LogP contribution in [-0.2, 0) is 6.54 Å². The number of nitrogens with one attached hydrogen (secondary N) is 1. The van der Waals surface area contributed by atoms with Crippen molar-refractivity contribution in [2.75, 3.05) is 0 Å². The Labute approximate surface area is 181 Å². The number of hydrogen-bond donors (Lipinski definition) is 1. The summed E-state index contributed by atoms with van der Waals surface area (Å²) in [7, 11) is 0. The average molecular weight is 444 g/mol. The predicted molar refractivity (Wildman–Crippen MR) is 119 cm³/mol. The highest BCUT2D eigenvalue weighted by atomic mass is 35.5. The van der Waals surface area contributed by atoms with Crippen molar-refractivity contribution in [3.63, 3.8) is 0 Å². The molecular formula is C20H15Cl2N5OS. The van der Waals surface area contributed by atoms with E-state index < -0.39 is 0 Å². The summed E-state index contributed by atoms with van der Waals surface area (Å²) < 4.78 is 3.33. The van der Waals surface area contributed by atoms with Crippen molar-refractivity contribution < 1.29 is 0 Å². The standard InChI is InChI=1S/C20H15Cl2N5OS/c1-12-19(28)27(20(29)25-24-12)23-9-14-11-26(18-5-3-2-4-16(14)18)10-13-6-7-15(21)8-17(13)22/h2-9,11H,10H2,1H3,(H,25,29). The summed E-state index contributed by atoms with van der Waals surface area (Å²) in [5.41, 5.74) is 2.74. The first kappa shape index (κ1) is 19.6. The van der Waals surface area contributed by atoms with Crippen molar-refractivity contribution in [3.8, 4) is 0 Å². The fourth-order valence-corrected chi connectivity index (χ4v) is 3.68. The van der Waals surface area contributed by atoms with Crippen LogP contribution in [0.2, 0.25) is 10.0 Å². The van der Waals surface area contributed by atoms with E-state index in [-0.39, 0.29) is 16.0 Å². The van der Waals surface area contributed by atoms with E-state index in [4.69, 9.17) is 35.4 Å². The van der Waals surface area contributed by atoms with Crippen molar-refractivity contribution in [3.05, 3.63) is 90.7 Å². The zero-order valence-electron chi connectivity index (χ0n) is 15.3. The lowest BCUT2D eigenvalue weighted by atomic mass is 10.2. The molecule has 2 aromatic carbocycles. The molecule has 0 aliphatic rings. The van der Waals surface area contributed by atoms with Crippen molar-refractivity contribution in [2.24, 2.45) is 5.10 Å². The van der Waals surface area contributed by atoms with Gasteiger partial charge in [0.2, 0.25) is 4.77 Å². The molecule has 0 unspecified atom stereocenters. The van der Waals surface area contributed by atoms with Crippen LogP contribution >= 0.6 is 35.4 Å². The van der Waals surface area contributed by atoms with Gasteiger partial charge in [-0.15, -0.1) is 0 Å². The smallest absolute Gasteiger partial charge is 0.296 e. The van der Waals surface area contributed by atoms with Crippen LogP contribution in [0.1, 0.15) is 16.8 Å². The maximum Gasteiger partial charge on any atom is 0.296 e. The molecule has 0 atom stereocenters. The monoisotopic (exact) mass is 443 g/mol. The second-order valence-corrected chi connectivity index (χ2v) is 7.67. The maximum atomic E-state index is 12.3. The van der Waals surface area contributed by atoms with Gasteiger partial charge in [-0.2, -0.15) is 14.9 Å². The first-order valence-corrected chi connectivity index (χ1v) is 9.85. The fraction of sp³-hybridized carbons (Fsp3) is 0.100. The summed E-state index contributed by atoms with van der Waals surface area (Å²) in [6.45, 7) is 2.17. The van der Waals surface area contributed by atoms with E-state index in [0.717, 1.165) is 26.7 Å². The molecule has 0 amide bonds. The number of aromatic nitrogens is 4. The Morgan fingerprint density at radius 2 is 2.03 bits per heavy atom. The molecule has 0 aliphatic carbocycles. The normalized spacial score (nSPS) is 11.6. The van der Waals surface area contributed by atoms with Crippen molar-refractivity contribution in [1.29, 1.82) is 0 Å². The third-order valence-corrected chi connectivity index (χ3v) is 5.35. The third-order valence-electron chi connectivity index (χ3n) is 4.50. The number of para-hydroxylation sites is 1. The Kier molecular flexibility index (Phi) is 5.36. The number of benzene rings is 2. The number of H-pyrrole nitrogens is 1. The van der Waals surface area contributed by atoms with Crippen LogP contribution in [0.4, 0.5) is 0 Å². The van der Waals surface area contributed by atoms with Crippen LogP contribution in [0, 0.1) is 11.7 Å². The highest BCUT2D eigenvalue weighted by Gasteiger charge is 2.10. The molecule has 4 rings (SSSR count). The molecule has 0 spiro atoms. The molecule has 0 aliphatic heterocycles. The Bertz CT molecular complexity index is 1370. The highest BCUT2D eigenvalue weighted by molar-refractivity contribution is 7.71. The largest absolute Gasteiger partial charge is 0.342 e. The summed E-state index contributed by atoms with van der Waals surface area (Å²) in [6, 6.07) is 13.4. The molecular weight excluding hydrogens is 429 g/mol. The minimum absolute atomic E-state index is 0.133. The van der Waals surface area contributed by atoms with Gasteiger partial charge in [-0.25, -0.2) is 0 Å². The molecule has 146 valence electrons. The Morgan fingerprint density at radius 1 is 1.24 bits per heavy atom. The lowest BCUT2D eigenvalue weighted by Gasteiger charge is -2.08. The quantitative estimate of drug-likeness (QED) is 0.363. The van der Waals surface area contributed by atoms with E-state index in [2.05, 4.69) is 19.9 Å². The van der Waals surface area contributed by atoms with Crippen LogP contribution < -0.4 is 5.56 Å². The van der Waals surface area contributed by atoms with E-state index in [1.165, 1.54) is 0 Å². The Balaban J connectivity index is 1.78. The van der Waals surface area contributed by atoms with Gasteiger partial charge in [-0.3, -0.25) is 9.89 Å². The van der Waals surface area contributed by atoms with Crippen LogP contribution in [0.15, 0.2) is 58.6 Å². The zero-order chi connectivity index (χ0) is 20.5. The van der Waals surface area contributed by atoms with Gasteiger partial charge in [0.1, 0.15) is 5.69 Å². The van der Waals surface area contributed by atoms with Gasteiger partial charge in [0, 0.05) is 39.3 Å². The van der Waals surface area contributed by atoms with E-state index >= 15 is 0 Å². The molecule has 6 nitrogen and oxygen atoms in total. The highest BCUT2D eigenvalue weighted by Crippen LogP contribution is 2.25. The number of halogens is 2. The van der Waals surface area contributed by atoms with E-state index in [9.17, 15) is 4.79 Å². The summed E-state index contributed by atoms with van der Waals surface area (Å²) in [4.78, 5) is 12.3. The fourth-order valence-electron chi connectivity index (χ4n) is 3.04. The molecule has 0 bridgehead atoms. The maximum absolute atomic E-state index is 12.3. The van der Waals surface area contributed by atoms with Gasteiger partial charge in [0.05, 0.1) is 6.21 Å². The molecule has 1 N–H and O–H groups in total. The second kappa shape index (κ2) is 7.94. The second-order valence-electron chi connectivity index (χ2n) is 6.44. The molecule has 2 heterocycles. The van der Waals surface area contributed by atoms with Gasteiger partial charge in [-0.05, 0) is 42.9 Å². The van der Waals surface area contributed by atoms with Gasteiger partial charge >= 0.3 is 0 Å². The minimum atomic E-state index is -0.360. The first-order valence-electron chi connectivity index (χ1n) is 8.68. The Morgan fingerprint density at radius 3 is 2.83 bits per heavy atom. The third kappa shape index (κ3) is 3.89. The number of rotatable bonds is 4. The lowest BCUT2D eigenvalue weighted by molar-refractivity contribution is 0.720. The van der Waals surface area contributed by atoms with Gasteiger partial charge in [0.15, 0.2) is 0 Å². The number of hydrogen-bond acceptors (Lipinski definition) is 4. The zero-order valence-corrected chi connectivity index (χ0v) is 17.6. The topological polar surface area (TPSA) is 68.0 Å². The lowest BCUT2D eigenvalue weighted by Crippen LogP contribution is -2.22. The van der Waals surface area contributed by atoms with Crippen molar-refractivity contribution in [1.82, 2.24) is 19.4 Å². The molecule has 0 saturated carbocycles. The molecule has 9 heteroatoms. The number of aryl methyl sites for hydroxylation is 1. The van der Waals surface area contributed by atoms with E-state index in [1.807, 2.05) is 42.6 Å². The van der Waals surface area contributed by atoms with Crippen LogP contribution in [0.5, 0.6) is 0 Å². The first-order chi connectivity index (χ1) is 13.9. The van der Waals surface area contributed by atoms with Gasteiger partial charge in [0.25, 0.3) is 5.56 Å². The number of fused-ring (bicyclic) bond motifs is 1. The molecule has 0 saturated heterocycles.